The Bertz CT molecular complexity index is 397. The van der Waals surface area contributed by atoms with Gasteiger partial charge in [0.1, 0.15) is 0 Å². The summed E-state index contributed by atoms with van der Waals surface area (Å²) in [4.78, 5) is 18.0. The molecular formula is C13H20N2O2S. The van der Waals surface area contributed by atoms with Gasteiger partial charge in [0, 0.05) is 18.5 Å². The van der Waals surface area contributed by atoms with Crippen LogP contribution in [0, 0.1) is 5.92 Å². The van der Waals surface area contributed by atoms with Gasteiger partial charge in [-0.2, -0.15) is 0 Å². The van der Waals surface area contributed by atoms with Crippen LogP contribution in [0.1, 0.15) is 31.9 Å². The Morgan fingerprint density at radius 2 is 2.28 bits per heavy atom. The summed E-state index contributed by atoms with van der Waals surface area (Å²) in [5, 5.41) is 3.00. The van der Waals surface area contributed by atoms with Crippen LogP contribution >= 0.6 is 11.3 Å². The maximum atomic E-state index is 11.2. The third kappa shape index (κ3) is 3.22. The number of hydrogen-bond acceptors (Lipinski definition) is 5. The van der Waals surface area contributed by atoms with Crippen molar-refractivity contribution in [3.8, 4) is 0 Å². The van der Waals surface area contributed by atoms with Crippen molar-refractivity contribution in [1.82, 2.24) is 4.98 Å². The number of rotatable bonds is 4. The lowest BCUT2D eigenvalue weighted by atomic mass is 9.95. The molecule has 100 valence electrons. The van der Waals surface area contributed by atoms with E-state index in [1.807, 2.05) is 5.38 Å². The minimum atomic E-state index is -0.225. The van der Waals surface area contributed by atoms with Gasteiger partial charge >= 0.3 is 5.97 Å². The van der Waals surface area contributed by atoms with E-state index in [4.69, 9.17) is 0 Å². The molecule has 1 aromatic rings. The van der Waals surface area contributed by atoms with Gasteiger partial charge in [-0.3, -0.25) is 4.79 Å². The van der Waals surface area contributed by atoms with E-state index in [1.165, 1.54) is 26.4 Å². The summed E-state index contributed by atoms with van der Waals surface area (Å²) in [5.41, 5.74) is 0.819. The number of carbonyl (C=O) groups is 1. The zero-order valence-corrected chi connectivity index (χ0v) is 11.8. The van der Waals surface area contributed by atoms with Crippen molar-refractivity contribution in [2.45, 2.75) is 32.6 Å². The van der Waals surface area contributed by atoms with E-state index < -0.39 is 0 Å². The second-order valence-electron chi connectivity index (χ2n) is 4.71. The summed E-state index contributed by atoms with van der Waals surface area (Å²) in [6.45, 7) is 4.44. The number of esters is 1. The number of ether oxygens (including phenoxy) is 1. The first kappa shape index (κ1) is 13.3. The van der Waals surface area contributed by atoms with Crippen LogP contribution in [0.25, 0.3) is 0 Å². The van der Waals surface area contributed by atoms with Crippen LogP contribution in [0.5, 0.6) is 0 Å². The molecule has 0 aromatic carbocycles. The summed E-state index contributed by atoms with van der Waals surface area (Å²) >= 11 is 1.62. The highest BCUT2D eigenvalue weighted by Gasteiger charge is 2.20. The fourth-order valence-electron chi connectivity index (χ4n) is 2.28. The monoisotopic (exact) mass is 268 g/mol. The molecule has 1 saturated heterocycles. The fourth-order valence-corrected chi connectivity index (χ4v) is 3.15. The predicted octanol–water partition coefficient (Wildman–Crippen LogP) is 2.49. The highest BCUT2D eigenvalue weighted by atomic mass is 32.1. The fraction of sp³-hybridized carbons (Fsp3) is 0.692. The molecule has 0 N–H and O–H groups in total. The Hall–Kier alpha value is -1.10. The van der Waals surface area contributed by atoms with Crippen molar-refractivity contribution in [2.24, 2.45) is 5.92 Å². The van der Waals surface area contributed by atoms with Gasteiger partial charge in [0.25, 0.3) is 0 Å². The highest BCUT2D eigenvalue weighted by molar-refractivity contribution is 7.13. The zero-order chi connectivity index (χ0) is 13.0. The van der Waals surface area contributed by atoms with Gasteiger partial charge in [-0.05, 0) is 18.8 Å². The molecule has 1 aliphatic rings. The molecule has 0 bridgehead atoms. The summed E-state index contributed by atoms with van der Waals surface area (Å²) in [6, 6.07) is 0. The number of aromatic nitrogens is 1. The van der Waals surface area contributed by atoms with Crippen molar-refractivity contribution in [2.75, 3.05) is 25.1 Å². The van der Waals surface area contributed by atoms with Crippen molar-refractivity contribution in [1.29, 1.82) is 0 Å². The molecule has 4 nitrogen and oxygen atoms in total. The average Bonchev–Trinajstić information content (AvgIpc) is 2.87. The number of anilines is 1. The molecule has 0 atom stereocenters. The molecule has 2 rings (SSSR count). The average molecular weight is 268 g/mol. The second-order valence-corrected chi connectivity index (χ2v) is 5.55. The molecule has 5 heteroatoms. The lowest BCUT2D eigenvalue weighted by molar-refractivity contribution is -0.139. The Kier molecular flexibility index (Phi) is 4.58. The third-order valence-corrected chi connectivity index (χ3v) is 4.51. The van der Waals surface area contributed by atoms with Crippen molar-refractivity contribution >= 4 is 22.4 Å². The number of thiazole rings is 1. The van der Waals surface area contributed by atoms with Crippen LogP contribution in [-0.4, -0.2) is 31.2 Å². The van der Waals surface area contributed by atoms with Crippen LogP contribution < -0.4 is 4.90 Å². The first-order chi connectivity index (χ1) is 8.72. The summed E-state index contributed by atoms with van der Waals surface area (Å²) in [5.74, 6) is 0.646. The Balaban J connectivity index is 1.92. The molecule has 0 amide bonds. The third-order valence-electron chi connectivity index (χ3n) is 3.56. The molecule has 0 radical (unpaired) electrons. The van der Waals surface area contributed by atoms with E-state index >= 15 is 0 Å². The van der Waals surface area contributed by atoms with Gasteiger partial charge in [0.05, 0.1) is 19.2 Å². The second kappa shape index (κ2) is 6.18. The van der Waals surface area contributed by atoms with E-state index in [2.05, 4.69) is 21.5 Å². The van der Waals surface area contributed by atoms with Crippen molar-refractivity contribution < 1.29 is 9.53 Å². The minimum Gasteiger partial charge on any atom is -0.469 e. The van der Waals surface area contributed by atoms with Gasteiger partial charge in [0.2, 0.25) is 0 Å². The summed E-state index contributed by atoms with van der Waals surface area (Å²) in [7, 11) is 1.41. The zero-order valence-electron chi connectivity index (χ0n) is 11.0. The quantitative estimate of drug-likeness (QED) is 0.787. The highest BCUT2D eigenvalue weighted by Crippen LogP contribution is 2.27. The van der Waals surface area contributed by atoms with Crippen LogP contribution in [0.2, 0.25) is 0 Å². The van der Waals surface area contributed by atoms with Crippen molar-refractivity contribution in [3.63, 3.8) is 0 Å². The smallest absolute Gasteiger partial charge is 0.311 e. The van der Waals surface area contributed by atoms with Crippen LogP contribution in [0.3, 0.4) is 0 Å². The molecular weight excluding hydrogens is 248 g/mol. The Morgan fingerprint density at radius 3 is 2.89 bits per heavy atom. The Labute approximate surface area is 112 Å². The molecule has 0 unspecified atom stereocenters. The number of piperidine rings is 1. The van der Waals surface area contributed by atoms with Crippen molar-refractivity contribution in [3.05, 3.63) is 11.1 Å². The van der Waals surface area contributed by atoms with Gasteiger partial charge < -0.3 is 9.64 Å². The molecule has 1 fully saturated rings. The first-order valence-electron chi connectivity index (χ1n) is 6.49. The van der Waals surface area contributed by atoms with Gasteiger partial charge in [0.15, 0.2) is 5.13 Å². The largest absolute Gasteiger partial charge is 0.469 e. The molecule has 1 aromatic heterocycles. The van der Waals surface area contributed by atoms with E-state index in [9.17, 15) is 4.79 Å². The van der Waals surface area contributed by atoms with Crippen LogP contribution in [0.4, 0.5) is 5.13 Å². The minimum absolute atomic E-state index is 0.225. The molecule has 2 heterocycles. The number of hydrogen-bond donors (Lipinski definition) is 0. The SMILES string of the molecule is CCC1CCN(c2nc(CC(=O)OC)cs2)CC1. The van der Waals surface area contributed by atoms with E-state index in [0.717, 1.165) is 29.8 Å². The van der Waals surface area contributed by atoms with E-state index in [-0.39, 0.29) is 12.4 Å². The summed E-state index contributed by atoms with van der Waals surface area (Å²) in [6.07, 6.45) is 4.06. The molecule has 1 aliphatic heterocycles. The molecule has 0 aliphatic carbocycles. The number of nitrogens with zero attached hydrogens (tertiary/aromatic N) is 2. The van der Waals surface area contributed by atoms with Crippen LogP contribution in [-0.2, 0) is 16.0 Å². The predicted molar refractivity (Wildman–Crippen MR) is 73.1 cm³/mol. The molecule has 0 saturated carbocycles. The van der Waals surface area contributed by atoms with Crippen LogP contribution in [0.15, 0.2) is 5.38 Å². The normalized spacial score (nSPS) is 16.9. The first-order valence-corrected chi connectivity index (χ1v) is 7.37. The summed E-state index contributed by atoms with van der Waals surface area (Å²) < 4.78 is 4.65. The maximum absolute atomic E-state index is 11.2. The standard InChI is InChI=1S/C13H20N2O2S/c1-3-10-4-6-15(7-5-10)13-14-11(9-18-13)8-12(16)17-2/h9-10H,3-8H2,1-2H3. The number of methoxy groups -OCH3 is 1. The van der Waals surface area contributed by atoms with Gasteiger partial charge in [-0.25, -0.2) is 4.98 Å². The molecule has 0 spiro atoms. The lowest BCUT2D eigenvalue weighted by Crippen LogP contribution is -2.33. The maximum Gasteiger partial charge on any atom is 0.311 e. The van der Waals surface area contributed by atoms with E-state index in [0.29, 0.717) is 0 Å². The number of carbonyl (C=O) groups excluding carboxylic acids is 1. The van der Waals surface area contributed by atoms with E-state index in [1.54, 1.807) is 11.3 Å². The van der Waals surface area contributed by atoms with Gasteiger partial charge in [-0.1, -0.05) is 13.3 Å². The lowest BCUT2D eigenvalue weighted by Gasteiger charge is -2.31. The topological polar surface area (TPSA) is 42.4 Å². The molecule has 18 heavy (non-hydrogen) atoms. The van der Waals surface area contributed by atoms with Gasteiger partial charge in [-0.15, -0.1) is 11.3 Å². The Morgan fingerprint density at radius 1 is 1.56 bits per heavy atom.